The summed E-state index contributed by atoms with van der Waals surface area (Å²) in [6.45, 7) is -0.0731. The van der Waals surface area contributed by atoms with Crippen molar-refractivity contribution in [3.8, 4) is 0 Å². The molecule has 1 heterocycles. The second kappa shape index (κ2) is 5.41. The number of benzene rings is 1. The van der Waals surface area contributed by atoms with Gasteiger partial charge in [-0.2, -0.15) is 0 Å². The average molecular weight is 289 g/mol. The Bertz CT molecular complexity index is 570. The van der Waals surface area contributed by atoms with E-state index in [4.69, 9.17) is 0 Å². The van der Waals surface area contributed by atoms with Gasteiger partial charge in [0.15, 0.2) is 0 Å². The molecule has 1 N–H and O–H groups in total. The molecule has 5 heteroatoms. The van der Waals surface area contributed by atoms with Gasteiger partial charge < -0.3 is 5.11 Å². The second-order valence-corrected chi connectivity index (χ2v) is 5.51. The summed E-state index contributed by atoms with van der Waals surface area (Å²) in [5, 5.41) is 10.2. The van der Waals surface area contributed by atoms with Crippen molar-refractivity contribution in [2.45, 2.75) is 18.9 Å². The number of allylic oxidation sites excluding steroid dienone is 2. The van der Waals surface area contributed by atoms with Gasteiger partial charge in [-0.1, -0.05) is 24.3 Å². The van der Waals surface area contributed by atoms with E-state index < -0.39 is 11.9 Å². The Morgan fingerprint density at radius 3 is 2.14 bits per heavy atom. The van der Waals surface area contributed by atoms with Crippen LogP contribution in [0.4, 0.5) is 4.39 Å². The number of halogens is 1. The number of imide groups is 1. The van der Waals surface area contributed by atoms with Crippen molar-refractivity contribution >= 4 is 11.8 Å². The number of nitrogens with zero attached hydrogens (tertiary/aromatic N) is 1. The van der Waals surface area contributed by atoms with E-state index in [0.29, 0.717) is 18.4 Å². The molecule has 1 fully saturated rings. The summed E-state index contributed by atoms with van der Waals surface area (Å²) in [6, 6.07) is 5.41. The van der Waals surface area contributed by atoms with Gasteiger partial charge in [-0.3, -0.25) is 14.5 Å². The summed E-state index contributed by atoms with van der Waals surface area (Å²) in [5.41, 5.74) is 0.491. The lowest BCUT2D eigenvalue weighted by Gasteiger charge is -2.19. The SMILES string of the molecule is O=C1[C@@H]2CC=CC[C@H]2C(=O)N1C[C@H](O)c1ccc(F)cc1. The number of rotatable bonds is 3. The summed E-state index contributed by atoms with van der Waals surface area (Å²) in [7, 11) is 0. The molecular formula is C16H16FNO3. The fourth-order valence-corrected chi connectivity index (χ4v) is 3.01. The lowest BCUT2D eigenvalue weighted by molar-refractivity contribution is -0.141. The summed E-state index contributed by atoms with van der Waals surface area (Å²) < 4.78 is 12.9. The molecule has 0 aromatic heterocycles. The van der Waals surface area contributed by atoms with Crippen LogP contribution in [-0.4, -0.2) is 28.4 Å². The number of likely N-dealkylation sites (tertiary alicyclic amines) is 1. The van der Waals surface area contributed by atoms with Gasteiger partial charge in [-0.25, -0.2) is 4.39 Å². The quantitative estimate of drug-likeness (QED) is 0.682. The molecule has 0 spiro atoms. The standard InChI is InChI=1S/C16H16FNO3/c17-11-7-5-10(6-8-11)14(19)9-18-15(20)12-3-1-2-4-13(12)16(18)21/h1-2,5-8,12-14,19H,3-4,9H2/t12-,13-,14+/m1/s1. The van der Waals surface area contributed by atoms with Crippen molar-refractivity contribution in [2.75, 3.05) is 6.54 Å². The lowest BCUT2D eigenvalue weighted by atomic mass is 9.85. The number of amides is 2. The highest BCUT2D eigenvalue weighted by atomic mass is 19.1. The van der Waals surface area contributed by atoms with Crippen LogP contribution < -0.4 is 0 Å². The molecule has 0 bridgehead atoms. The zero-order chi connectivity index (χ0) is 15.0. The molecule has 1 aliphatic heterocycles. The van der Waals surface area contributed by atoms with E-state index in [1.807, 2.05) is 12.2 Å². The molecule has 3 rings (SSSR count). The Kier molecular flexibility index (Phi) is 3.59. The van der Waals surface area contributed by atoms with Crippen molar-refractivity contribution in [2.24, 2.45) is 11.8 Å². The lowest BCUT2D eigenvalue weighted by Crippen LogP contribution is -2.35. The summed E-state index contributed by atoms with van der Waals surface area (Å²) >= 11 is 0. The van der Waals surface area contributed by atoms with Crippen molar-refractivity contribution < 1.29 is 19.1 Å². The molecule has 1 aromatic carbocycles. The zero-order valence-electron chi connectivity index (χ0n) is 11.4. The minimum atomic E-state index is -0.994. The number of aliphatic hydroxyl groups excluding tert-OH is 1. The molecule has 0 unspecified atom stereocenters. The van der Waals surface area contributed by atoms with Gasteiger partial charge >= 0.3 is 0 Å². The van der Waals surface area contributed by atoms with E-state index in [1.54, 1.807) is 0 Å². The molecule has 0 radical (unpaired) electrons. The van der Waals surface area contributed by atoms with Gasteiger partial charge in [-0.05, 0) is 30.5 Å². The Labute approximate surface area is 121 Å². The number of fused-ring (bicyclic) bond motifs is 1. The van der Waals surface area contributed by atoms with Gasteiger partial charge in [0.25, 0.3) is 0 Å². The predicted molar refractivity (Wildman–Crippen MR) is 73.4 cm³/mol. The van der Waals surface area contributed by atoms with Crippen LogP contribution in [-0.2, 0) is 9.59 Å². The minimum Gasteiger partial charge on any atom is -0.387 e. The van der Waals surface area contributed by atoms with E-state index in [2.05, 4.69) is 0 Å². The first-order valence-electron chi connectivity index (χ1n) is 7.01. The maximum absolute atomic E-state index is 12.9. The summed E-state index contributed by atoms with van der Waals surface area (Å²) in [5.74, 6) is -1.40. The fraction of sp³-hybridized carbons (Fsp3) is 0.375. The van der Waals surface area contributed by atoms with Crippen LogP contribution in [0.1, 0.15) is 24.5 Å². The topological polar surface area (TPSA) is 57.6 Å². The van der Waals surface area contributed by atoms with Gasteiger partial charge in [0, 0.05) is 0 Å². The molecule has 0 saturated carbocycles. The van der Waals surface area contributed by atoms with Crippen molar-refractivity contribution in [1.82, 2.24) is 4.90 Å². The Hall–Kier alpha value is -2.01. The molecule has 1 saturated heterocycles. The third kappa shape index (κ3) is 2.49. The Morgan fingerprint density at radius 1 is 1.10 bits per heavy atom. The fourth-order valence-electron chi connectivity index (χ4n) is 3.01. The summed E-state index contributed by atoms with van der Waals surface area (Å²) in [6.07, 6.45) is 4.02. The predicted octanol–water partition coefficient (Wildman–Crippen LogP) is 1.81. The monoisotopic (exact) mass is 289 g/mol. The van der Waals surface area contributed by atoms with Gasteiger partial charge in [0.2, 0.25) is 11.8 Å². The Balaban J connectivity index is 1.74. The van der Waals surface area contributed by atoms with E-state index in [9.17, 15) is 19.1 Å². The number of β-amino-alcohol motifs (C(OH)–C–C–N with tert-alkyl or cyclic N) is 1. The highest BCUT2D eigenvalue weighted by Crippen LogP contribution is 2.35. The van der Waals surface area contributed by atoms with Crippen LogP contribution in [0.15, 0.2) is 36.4 Å². The molecule has 1 aromatic rings. The largest absolute Gasteiger partial charge is 0.387 e. The van der Waals surface area contributed by atoms with Crippen LogP contribution in [0.3, 0.4) is 0 Å². The average Bonchev–Trinajstić information content (AvgIpc) is 2.73. The third-order valence-electron chi connectivity index (χ3n) is 4.21. The normalized spacial score (nSPS) is 26.1. The highest BCUT2D eigenvalue weighted by Gasteiger charge is 2.47. The van der Waals surface area contributed by atoms with Crippen molar-refractivity contribution in [3.63, 3.8) is 0 Å². The van der Waals surface area contributed by atoms with Gasteiger partial charge in [-0.15, -0.1) is 0 Å². The second-order valence-electron chi connectivity index (χ2n) is 5.51. The summed E-state index contributed by atoms with van der Waals surface area (Å²) in [4.78, 5) is 25.7. The van der Waals surface area contributed by atoms with E-state index in [-0.39, 0.29) is 30.2 Å². The molecule has 3 atom stereocenters. The van der Waals surface area contributed by atoms with E-state index in [1.165, 1.54) is 24.3 Å². The third-order valence-corrected chi connectivity index (χ3v) is 4.21. The Morgan fingerprint density at radius 2 is 1.62 bits per heavy atom. The first kappa shape index (κ1) is 13.9. The van der Waals surface area contributed by atoms with E-state index >= 15 is 0 Å². The number of hydrogen-bond acceptors (Lipinski definition) is 3. The van der Waals surface area contributed by atoms with Crippen LogP contribution in [0.5, 0.6) is 0 Å². The number of carbonyl (C=O) groups is 2. The molecule has 110 valence electrons. The molecule has 2 amide bonds. The van der Waals surface area contributed by atoms with Crippen LogP contribution in [0.2, 0.25) is 0 Å². The maximum atomic E-state index is 12.9. The highest BCUT2D eigenvalue weighted by molar-refractivity contribution is 6.05. The molecule has 1 aliphatic carbocycles. The van der Waals surface area contributed by atoms with Crippen molar-refractivity contribution in [3.05, 3.63) is 47.8 Å². The maximum Gasteiger partial charge on any atom is 0.233 e. The molecule has 4 nitrogen and oxygen atoms in total. The molecule has 21 heavy (non-hydrogen) atoms. The van der Waals surface area contributed by atoms with E-state index in [0.717, 1.165) is 4.90 Å². The number of aliphatic hydroxyl groups is 1. The minimum absolute atomic E-state index is 0.0731. The number of hydrogen-bond donors (Lipinski definition) is 1. The van der Waals surface area contributed by atoms with Gasteiger partial charge in [0.05, 0.1) is 24.5 Å². The molecule has 2 aliphatic rings. The van der Waals surface area contributed by atoms with Crippen molar-refractivity contribution in [1.29, 1.82) is 0 Å². The zero-order valence-corrected chi connectivity index (χ0v) is 11.4. The van der Waals surface area contributed by atoms with Gasteiger partial charge in [0.1, 0.15) is 5.82 Å². The molecular weight excluding hydrogens is 273 g/mol. The number of carbonyl (C=O) groups excluding carboxylic acids is 2. The van der Waals surface area contributed by atoms with Crippen LogP contribution >= 0.6 is 0 Å². The smallest absolute Gasteiger partial charge is 0.233 e. The van der Waals surface area contributed by atoms with Crippen LogP contribution in [0.25, 0.3) is 0 Å². The first-order valence-corrected chi connectivity index (χ1v) is 7.01. The van der Waals surface area contributed by atoms with Crippen LogP contribution in [0, 0.1) is 17.7 Å². The first-order chi connectivity index (χ1) is 10.1.